The maximum atomic E-state index is 11.7. The average Bonchev–Trinajstić information content (AvgIpc) is 3.10. The van der Waals surface area contributed by atoms with Crippen LogP contribution in [0, 0.1) is 12.3 Å². The van der Waals surface area contributed by atoms with Crippen LogP contribution in [-0.4, -0.2) is 33.0 Å². The standard InChI is InChI=1S/C19H22N4OS/c1-2-13-20-17(24)14-25-19-21-18(15-9-5-3-6-10-15)23(22-19)16-11-7-4-8-12-16/h1,4,7-8,11-12,15H,3,5-6,9-10,13-14H2,(H,20,24). The molecule has 0 unspecified atom stereocenters. The molecule has 6 heteroatoms. The van der Waals surface area contributed by atoms with E-state index in [0.29, 0.717) is 11.1 Å². The number of carbonyl (C=O) groups is 1. The quantitative estimate of drug-likeness (QED) is 0.639. The summed E-state index contributed by atoms with van der Waals surface area (Å²) in [6, 6.07) is 10.1. The Bertz CT molecular complexity index is 745. The number of nitrogens with one attached hydrogen (secondary N) is 1. The third kappa shape index (κ3) is 4.64. The summed E-state index contributed by atoms with van der Waals surface area (Å²) in [4.78, 5) is 16.5. The van der Waals surface area contributed by atoms with Gasteiger partial charge in [-0.2, -0.15) is 0 Å². The third-order valence-corrected chi connectivity index (χ3v) is 5.14. The van der Waals surface area contributed by atoms with Gasteiger partial charge in [-0.25, -0.2) is 9.67 Å². The minimum atomic E-state index is -0.0989. The molecule has 1 aliphatic rings. The van der Waals surface area contributed by atoms with Crippen molar-refractivity contribution in [2.24, 2.45) is 0 Å². The Kier molecular flexibility index (Phi) is 6.13. The molecule has 1 heterocycles. The van der Waals surface area contributed by atoms with Crippen LogP contribution in [-0.2, 0) is 4.79 Å². The maximum Gasteiger partial charge on any atom is 0.231 e. The van der Waals surface area contributed by atoms with Gasteiger partial charge in [-0.15, -0.1) is 11.5 Å². The molecule has 5 nitrogen and oxygen atoms in total. The molecule has 0 saturated heterocycles. The molecule has 1 amide bonds. The van der Waals surface area contributed by atoms with Gasteiger partial charge in [-0.1, -0.05) is 55.1 Å². The van der Waals surface area contributed by atoms with E-state index in [0.717, 1.165) is 24.4 Å². The number of para-hydroxylation sites is 1. The average molecular weight is 354 g/mol. The smallest absolute Gasteiger partial charge is 0.231 e. The molecule has 3 rings (SSSR count). The number of rotatable bonds is 6. The lowest BCUT2D eigenvalue weighted by Crippen LogP contribution is -2.25. The summed E-state index contributed by atoms with van der Waals surface area (Å²) >= 11 is 1.35. The van der Waals surface area contributed by atoms with E-state index in [1.807, 2.05) is 35.0 Å². The molecular formula is C19H22N4OS. The molecule has 1 aromatic heterocycles. The summed E-state index contributed by atoms with van der Waals surface area (Å²) in [5.74, 6) is 4.02. The summed E-state index contributed by atoms with van der Waals surface area (Å²) in [6.45, 7) is 0.249. The molecule has 0 bridgehead atoms. The van der Waals surface area contributed by atoms with E-state index in [1.54, 1.807) is 0 Å². The topological polar surface area (TPSA) is 59.8 Å². The highest BCUT2D eigenvalue weighted by molar-refractivity contribution is 7.99. The van der Waals surface area contributed by atoms with E-state index in [1.165, 1.54) is 31.0 Å². The Morgan fingerprint density at radius 3 is 2.76 bits per heavy atom. The van der Waals surface area contributed by atoms with Crippen molar-refractivity contribution in [3.05, 3.63) is 36.2 Å². The number of hydrogen-bond donors (Lipinski definition) is 1. The maximum absolute atomic E-state index is 11.7. The van der Waals surface area contributed by atoms with Gasteiger partial charge >= 0.3 is 0 Å². The van der Waals surface area contributed by atoms with Gasteiger partial charge in [0, 0.05) is 5.92 Å². The van der Waals surface area contributed by atoms with Crippen LogP contribution in [0.5, 0.6) is 0 Å². The SMILES string of the molecule is C#CCNC(=O)CSc1nc(C2CCCCC2)n(-c2ccccc2)n1. The summed E-state index contributed by atoms with van der Waals surface area (Å²) in [7, 11) is 0. The molecular weight excluding hydrogens is 332 g/mol. The number of carbonyl (C=O) groups excluding carboxylic acids is 1. The van der Waals surface area contributed by atoms with Crippen LogP contribution >= 0.6 is 11.8 Å². The van der Waals surface area contributed by atoms with Crippen molar-refractivity contribution in [3.63, 3.8) is 0 Å². The van der Waals surface area contributed by atoms with Crippen LogP contribution in [0.1, 0.15) is 43.8 Å². The zero-order valence-electron chi connectivity index (χ0n) is 14.1. The number of amides is 1. The first kappa shape index (κ1) is 17.6. The van der Waals surface area contributed by atoms with Gasteiger partial charge in [0.2, 0.25) is 11.1 Å². The zero-order chi connectivity index (χ0) is 17.5. The third-order valence-electron chi connectivity index (χ3n) is 4.30. The monoisotopic (exact) mass is 354 g/mol. The minimum absolute atomic E-state index is 0.0989. The Labute approximate surface area is 152 Å². The predicted molar refractivity (Wildman–Crippen MR) is 99.8 cm³/mol. The lowest BCUT2D eigenvalue weighted by atomic mass is 9.88. The van der Waals surface area contributed by atoms with E-state index >= 15 is 0 Å². The number of benzene rings is 1. The second-order valence-electron chi connectivity index (χ2n) is 6.10. The number of nitrogens with zero attached hydrogens (tertiary/aromatic N) is 3. The molecule has 0 atom stereocenters. The molecule has 130 valence electrons. The van der Waals surface area contributed by atoms with Crippen molar-refractivity contribution in [1.82, 2.24) is 20.1 Å². The fraction of sp³-hybridized carbons (Fsp3) is 0.421. The molecule has 25 heavy (non-hydrogen) atoms. The van der Waals surface area contributed by atoms with Crippen LogP contribution in [0.3, 0.4) is 0 Å². The Hall–Kier alpha value is -2.26. The highest BCUT2D eigenvalue weighted by Crippen LogP contribution is 2.33. The van der Waals surface area contributed by atoms with Crippen molar-refractivity contribution >= 4 is 17.7 Å². The predicted octanol–water partition coefficient (Wildman–Crippen LogP) is 3.16. The van der Waals surface area contributed by atoms with E-state index in [9.17, 15) is 4.79 Å². The van der Waals surface area contributed by atoms with E-state index in [-0.39, 0.29) is 18.2 Å². The first-order valence-electron chi connectivity index (χ1n) is 8.63. The summed E-state index contributed by atoms with van der Waals surface area (Å²) < 4.78 is 1.94. The summed E-state index contributed by atoms with van der Waals surface area (Å²) in [6.07, 6.45) is 11.2. The molecule has 0 spiro atoms. The number of hydrogen-bond acceptors (Lipinski definition) is 4. The number of aromatic nitrogens is 3. The molecule has 1 aromatic carbocycles. The van der Waals surface area contributed by atoms with E-state index in [4.69, 9.17) is 11.4 Å². The molecule has 1 N–H and O–H groups in total. The Morgan fingerprint density at radius 1 is 1.28 bits per heavy atom. The lowest BCUT2D eigenvalue weighted by Gasteiger charge is -2.21. The highest BCUT2D eigenvalue weighted by atomic mass is 32.2. The van der Waals surface area contributed by atoms with Crippen LogP contribution < -0.4 is 5.32 Å². The van der Waals surface area contributed by atoms with Crippen molar-refractivity contribution < 1.29 is 4.79 Å². The first-order chi connectivity index (χ1) is 12.3. The van der Waals surface area contributed by atoms with Gasteiger partial charge in [0.25, 0.3) is 0 Å². The molecule has 1 aliphatic carbocycles. The molecule has 1 fully saturated rings. The second kappa shape index (κ2) is 8.72. The summed E-state index contributed by atoms with van der Waals surface area (Å²) in [5, 5.41) is 7.96. The molecule has 0 radical (unpaired) electrons. The van der Waals surface area contributed by atoms with Gasteiger partial charge in [0.15, 0.2) is 0 Å². The minimum Gasteiger partial charge on any atom is -0.344 e. The van der Waals surface area contributed by atoms with Crippen LogP contribution in [0.4, 0.5) is 0 Å². The van der Waals surface area contributed by atoms with Gasteiger partial charge in [-0.05, 0) is 25.0 Å². The van der Waals surface area contributed by atoms with Crippen molar-refractivity contribution in [3.8, 4) is 18.0 Å². The molecule has 1 saturated carbocycles. The van der Waals surface area contributed by atoms with Gasteiger partial charge in [-0.3, -0.25) is 4.79 Å². The largest absolute Gasteiger partial charge is 0.344 e. The summed E-state index contributed by atoms with van der Waals surface area (Å²) in [5.41, 5.74) is 1.01. The first-order valence-corrected chi connectivity index (χ1v) is 9.62. The second-order valence-corrected chi connectivity index (χ2v) is 7.05. The lowest BCUT2D eigenvalue weighted by molar-refractivity contribution is -0.118. The zero-order valence-corrected chi connectivity index (χ0v) is 15.0. The molecule has 0 aliphatic heterocycles. The Morgan fingerprint density at radius 2 is 2.04 bits per heavy atom. The fourth-order valence-corrected chi connectivity index (χ4v) is 3.74. The van der Waals surface area contributed by atoms with Crippen molar-refractivity contribution in [1.29, 1.82) is 0 Å². The van der Waals surface area contributed by atoms with Gasteiger partial charge < -0.3 is 5.32 Å². The van der Waals surface area contributed by atoms with Crippen molar-refractivity contribution in [2.45, 2.75) is 43.2 Å². The van der Waals surface area contributed by atoms with Crippen LogP contribution in [0.25, 0.3) is 5.69 Å². The van der Waals surface area contributed by atoms with Gasteiger partial charge in [0.1, 0.15) is 5.82 Å². The van der Waals surface area contributed by atoms with E-state index < -0.39 is 0 Å². The van der Waals surface area contributed by atoms with Gasteiger partial charge in [0.05, 0.1) is 18.0 Å². The number of terminal acetylenes is 1. The Balaban J connectivity index is 1.79. The van der Waals surface area contributed by atoms with E-state index in [2.05, 4.69) is 16.3 Å². The highest BCUT2D eigenvalue weighted by Gasteiger charge is 2.23. The number of thioether (sulfide) groups is 1. The van der Waals surface area contributed by atoms with Crippen LogP contribution in [0.2, 0.25) is 0 Å². The fourth-order valence-electron chi connectivity index (χ4n) is 3.08. The van der Waals surface area contributed by atoms with Crippen LogP contribution in [0.15, 0.2) is 35.5 Å². The normalized spacial score (nSPS) is 14.8. The molecule has 2 aromatic rings. The van der Waals surface area contributed by atoms with Crippen molar-refractivity contribution in [2.75, 3.05) is 12.3 Å².